The van der Waals surface area contributed by atoms with Crippen molar-refractivity contribution in [2.45, 2.75) is 6.54 Å². The van der Waals surface area contributed by atoms with E-state index in [1.165, 1.54) is 17.0 Å². The van der Waals surface area contributed by atoms with Crippen molar-refractivity contribution < 1.29 is 9.31 Å². The van der Waals surface area contributed by atoms with Gasteiger partial charge in [0.1, 0.15) is 12.1 Å². The monoisotopic (exact) mass is 277 g/mol. The van der Waals surface area contributed by atoms with E-state index in [4.69, 9.17) is 5.73 Å². The van der Waals surface area contributed by atoms with Gasteiger partial charge in [0.05, 0.1) is 4.92 Å². The van der Waals surface area contributed by atoms with Crippen LogP contribution in [0.25, 0.3) is 0 Å². The standard InChI is InChI=1S/C12H12FN5O2/c1-17(6-8-3-2-4-9(13)5-8)12-10(18(19)20)11(14)15-7-16-12/h2-5,7H,6H2,1H3,(H2,14,15,16). The SMILES string of the molecule is CN(Cc1cccc(F)c1)c1ncnc(N)c1[N+](=O)[O-]. The summed E-state index contributed by atoms with van der Waals surface area (Å²) in [6, 6.07) is 5.97. The van der Waals surface area contributed by atoms with Crippen LogP contribution in [0.2, 0.25) is 0 Å². The normalized spacial score (nSPS) is 10.3. The molecular formula is C12H12FN5O2. The van der Waals surface area contributed by atoms with Crippen LogP contribution in [0.3, 0.4) is 0 Å². The molecule has 0 amide bonds. The lowest BCUT2D eigenvalue weighted by Gasteiger charge is -2.18. The van der Waals surface area contributed by atoms with Crippen molar-refractivity contribution in [1.82, 2.24) is 9.97 Å². The van der Waals surface area contributed by atoms with Gasteiger partial charge in [-0.2, -0.15) is 0 Å². The number of anilines is 2. The highest BCUT2D eigenvalue weighted by Crippen LogP contribution is 2.29. The van der Waals surface area contributed by atoms with E-state index in [1.807, 2.05) is 0 Å². The summed E-state index contributed by atoms with van der Waals surface area (Å²) in [4.78, 5) is 19.4. The molecule has 1 aromatic heterocycles. The zero-order chi connectivity index (χ0) is 14.7. The Morgan fingerprint density at radius 2 is 2.20 bits per heavy atom. The number of hydrogen-bond donors (Lipinski definition) is 1. The van der Waals surface area contributed by atoms with Crippen molar-refractivity contribution in [3.63, 3.8) is 0 Å². The summed E-state index contributed by atoms with van der Waals surface area (Å²) in [5.74, 6) is -0.481. The number of benzene rings is 1. The average molecular weight is 277 g/mol. The maximum absolute atomic E-state index is 13.1. The molecule has 8 heteroatoms. The Kier molecular flexibility index (Phi) is 3.74. The van der Waals surface area contributed by atoms with E-state index in [0.29, 0.717) is 5.56 Å². The molecule has 20 heavy (non-hydrogen) atoms. The number of nitrogens with two attached hydrogens (primary N) is 1. The van der Waals surface area contributed by atoms with Gasteiger partial charge in [0.15, 0.2) is 0 Å². The van der Waals surface area contributed by atoms with Crippen LogP contribution in [-0.4, -0.2) is 21.9 Å². The predicted octanol–water partition coefficient (Wildman–Crippen LogP) is 1.74. The molecule has 0 radical (unpaired) electrons. The van der Waals surface area contributed by atoms with Crippen LogP contribution in [0, 0.1) is 15.9 Å². The molecular weight excluding hydrogens is 265 g/mol. The summed E-state index contributed by atoms with van der Waals surface area (Å²) < 4.78 is 13.1. The number of aromatic nitrogens is 2. The van der Waals surface area contributed by atoms with Crippen molar-refractivity contribution in [1.29, 1.82) is 0 Å². The highest BCUT2D eigenvalue weighted by Gasteiger charge is 2.23. The molecule has 0 aliphatic rings. The second kappa shape index (κ2) is 5.47. The van der Waals surface area contributed by atoms with Gasteiger partial charge in [-0.05, 0) is 17.7 Å². The Morgan fingerprint density at radius 3 is 2.85 bits per heavy atom. The van der Waals surface area contributed by atoms with Crippen LogP contribution in [-0.2, 0) is 6.54 Å². The molecule has 0 saturated heterocycles. The second-order valence-electron chi connectivity index (χ2n) is 4.17. The third-order valence-electron chi connectivity index (χ3n) is 2.68. The summed E-state index contributed by atoms with van der Waals surface area (Å²) >= 11 is 0. The Hall–Kier alpha value is -2.77. The minimum atomic E-state index is -0.632. The maximum Gasteiger partial charge on any atom is 0.353 e. The molecule has 0 saturated carbocycles. The largest absolute Gasteiger partial charge is 0.378 e. The van der Waals surface area contributed by atoms with E-state index >= 15 is 0 Å². The fraction of sp³-hybridized carbons (Fsp3) is 0.167. The maximum atomic E-state index is 13.1. The molecule has 0 aliphatic carbocycles. The average Bonchev–Trinajstić information content (AvgIpc) is 2.37. The Bertz CT molecular complexity index is 649. The zero-order valence-electron chi connectivity index (χ0n) is 10.7. The zero-order valence-corrected chi connectivity index (χ0v) is 10.7. The first-order chi connectivity index (χ1) is 9.49. The first-order valence-corrected chi connectivity index (χ1v) is 5.69. The van der Waals surface area contributed by atoms with Crippen molar-refractivity contribution >= 4 is 17.3 Å². The molecule has 0 spiro atoms. The highest BCUT2D eigenvalue weighted by molar-refractivity contribution is 5.68. The van der Waals surface area contributed by atoms with Crippen LogP contribution in [0.1, 0.15) is 5.56 Å². The molecule has 0 aliphatic heterocycles. The Labute approximate surface area is 114 Å². The van der Waals surface area contributed by atoms with Crippen molar-refractivity contribution in [2.75, 3.05) is 17.7 Å². The van der Waals surface area contributed by atoms with Crippen molar-refractivity contribution in [3.05, 3.63) is 52.1 Å². The molecule has 1 heterocycles. The first kappa shape index (κ1) is 13.7. The fourth-order valence-corrected chi connectivity index (χ4v) is 1.82. The van der Waals surface area contributed by atoms with E-state index in [1.54, 1.807) is 19.2 Å². The molecule has 104 valence electrons. The molecule has 0 bridgehead atoms. The van der Waals surface area contributed by atoms with Crippen LogP contribution in [0.4, 0.5) is 21.7 Å². The quantitative estimate of drug-likeness (QED) is 0.675. The Balaban J connectivity index is 2.32. The summed E-state index contributed by atoms with van der Waals surface area (Å²) in [7, 11) is 1.61. The third-order valence-corrected chi connectivity index (χ3v) is 2.68. The van der Waals surface area contributed by atoms with Gasteiger partial charge in [0, 0.05) is 13.6 Å². The predicted molar refractivity (Wildman–Crippen MR) is 71.6 cm³/mol. The lowest BCUT2D eigenvalue weighted by Crippen LogP contribution is -2.20. The van der Waals surface area contributed by atoms with Crippen LogP contribution >= 0.6 is 0 Å². The molecule has 7 nitrogen and oxygen atoms in total. The minimum Gasteiger partial charge on any atom is -0.378 e. The van der Waals surface area contributed by atoms with Gasteiger partial charge in [0.2, 0.25) is 11.6 Å². The van der Waals surface area contributed by atoms with Gasteiger partial charge >= 0.3 is 5.69 Å². The molecule has 2 N–H and O–H groups in total. The van der Waals surface area contributed by atoms with E-state index in [0.717, 1.165) is 6.33 Å². The molecule has 1 aromatic carbocycles. The molecule has 0 unspecified atom stereocenters. The molecule has 0 fully saturated rings. The number of hydrogen-bond acceptors (Lipinski definition) is 6. The number of nitro groups is 1. The minimum absolute atomic E-state index is 0.0896. The van der Waals surface area contributed by atoms with Crippen LogP contribution in [0.15, 0.2) is 30.6 Å². The van der Waals surface area contributed by atoms with E-state index in [9.17, 15) is 14.5 Å². The summed E-state index contributed by atoms with van der Waals surface area (Å²) in [6.07, 6.45) is 1.15. The topological polar surface area (TPSA) is 98.2 Å². The highest BCUT2D eigenvalue weighted by atomic mass is 19.1. The van der Waals surface area contributed by atoms with Crippen molar-refractivity contribution in [2.24, 2.45) is 0 Å². The van der Waals surface area contributed by atoms with Crippen LogP contribution in [0.5, 0.6) is 0 Å². The third kappa shape index (κ3) is 2.79. The van der Waals surface area contributed by atoms with Crippen LogP contribution < -0.4 is 10.6 Å². The van der Waals surface area contributed by atoms with Gasteiger partial charge in [-0.3, -0.25) is 10.1 Å². The van der Waals surface area contributed by atoms with Gasteiger partial charge in [-0.1, -0.05) is 12.1 Å². The lowest BCUT2D eigenvalue weighted by atomic mass is 10.2. The number of halogens is 1. The first-order valence-electron chi connectivity index (χ1n) is 5.69. The van der Waals surface area contributed by atoms with Crippen molar-refractivity contribution in [3.8, 4) is 0 Å². The van der Waals surface area contributed by atoms with E-state index in [2.05, 4.69) is 9.97 Å². The van der Waals surface area contributed by atoms with Gasteiger partial charge in [-0.15, -0.1) is 0 Å². The molecule has 2 aromatic rings. The fourth-order valence-electron chi connectivity index (χ4n) is 1.82. The number of rotatable bonds is 4. The lowest BCUT2D eigenvalue weighted by molar-refractivity contribution is -0.383. The van der Waals surface area contributed by atoms with E-state index < -0.39 is 4.92 Å². The van der Waals surface area contributed by atoms with Gasteiger partial charge in [-0.25, -0.2) is 14.4 Å². The van der Waals surface area contributed by atoms with Gasteiger partial charge < -0.3 is 10.6 Å². The number of nitrogens with zero attached hydrogens (tertiary/aromatic N) is 4. The summed E-state index contributed by atoms with van der Waals surface area (Å²) in [5, 5.41) is 11.0. The second-order valence-corrected chi connectivity index (χ2v) is 4.17. The van der Waals surface area contributed by atoms with E-state index in [-0.39, 0.29) is 29.7 Å². The molecule has 2 rings (SSSR count). The summed E-state index contributed by atoms with van der Waals surface area (Å²) in [5.41, 5.74) is 5.81. The smallest absolute Gasteiger partial charge is 0.353 e. The summed E-state index contributed by atoms with van der Waals surface area (Å²) in [6.45, 7) is 0.259. The molecule has 0 atom stereocenters. The Morgan fingerprint density at radius 1 is 1.45 bits per heavy atom. The number of nitrogen functional groups attached to an aromatic ring is 1. The van der Waals surface area contributed by atoms with Gasteiger partial charge in [0.25, 0.3) is 0 Å².